The Hall–Kier alpha value is -2.61. The van der Waals surface area contributed by atoms with Gasteiger partial charge in [0, 0.05) is 16.5 Å². The van der Waals surface area contributed by atoms with Crippen LogP contribution in [-0.2, 0) is 0 Å². The van der Waals surface area contributed by atoms with Crippen molar-refractivity contribution >= 4 is 21.8 Å². The first-order valence-corrected chi connectivity index (χ1v) is 6.59. The fraction of sp³-hybridized carbons (Fsp3) is 0. The third-order valence-corrected chi connectivity index (χ3v) is 3.65. The summed E-state index contributed by atoms with van der Waals surface area (Å²) in [5.74, 6) is -0.211. The molecule has 0 aliphatic heterocycles. The Balaban J connectivity index is 2.23. The van der Waals surface area contributed by atoms with Crippen LogP contribution in [0.2, 0.25) is 0 Å². The lowest BCUT2D eigenvalue weighted by Crippen LogP contribution is -1.93. The number of hydrogen-bond donors (Lipinski definition) is 0. The third kappa shape index (κ3) is 1.55. The van der Waals surface area contributed by atoms with Crippen LogP contribution in [0.3, 0.4) is 0 Å². The second-order valence-electron chi connectivity index (χ2n) is 4.85. The van der Waals surface area contributed by atoms with Gasteiger partial charge < -0.3 is 4.57 Å². The molecule has 0 spiro atoms. The highest BCUT2D eigenvalue weighted by atomic mass is 19.1. The highest BCUT2D eigenvalue weighted by Crippen LogP contribution is 2.31. The van der Waals surface area contributed by atoms with E-state index in [0.717, 1.165) is 27.5 Å². The molecular weight excluding hydrogens is 249 g/mol. The summed E-state index contributed by atoms with van der Waals surface area (Å²) in [5, 5.41) is 2.22. The molecule has 1 nitrogen and oxygen atoms in total. The molecule has 0 N–H and O–H groups in total. The van der Waals surface area contributed by atoms with Gasteiger partial charge in [-0.2, -0.15) is 0 Å². The van der Waals surface area contributed by atoms with Crippen LogP contribution in [0.25, 0.3) is 27.5 Å². The lowest BCUT2D eigenvalue weighted by molar-refractivity contribution is 0.629. The predicted octanol–water partition coefficient (Wildman–Crippen LogP) is 4.92. The maximum atomic E-state index is 13.6. The molecule has 0 saturated heterocycles. The van der Waals surface area contributed by atoms with Crippen molar-refractivity contribution < 1.29 is 4.39 Å². The summed E-state index contributed by atoms with van der Waals surface area (Å²) in [6.07, 6.45) is 0. The lowest BCUT2D eigenvalue weighted by atomic mass is 10.1. The SMILES string of the molecule is Fc1ccc2c3ccccc3n(-c3ccccc3)c2c1. The van der Waals surface area contributed by atoms with Crippen LogP contribution in [0.15, 0.2) is 72.8 Å². The van der Waals surface area contributed by atoms with Gasteiger partial charge >= 0.3 is 0 Å². The number of fused-ring (bicyclic) bond motifs is 3. The smallest absolute Gasteiger partial charge is 0.125 e. The Kier molecular flexibility index (Phi) is 2.36. The van der Waals surface area contributed by atoms with Crippen molar-refractivity contribution in [3.8, 4) is 5.69 Å². The highest BCUT2D eigenvalue weighted by molar-refractivity contribution is 6.09. The number of halogens is 1. The quantitative estimate of drug-likeness (QED) is 0.458. The van der Waals surface area contributed by atoms with E-state index in [-0.39, 0.29) is 5.82 Å². The molecule has 20 heavy (non-hydrogen) atoms. The van der Waals surface area contributed by atoms with Crippen LogP contribution in [-0.4, -0.2) is 4.57 Å². The number of benzene rings is 3. The minimum absolute atomic E-state index is 0.211. The van der Waals surface area contributed by atoms with Gasteiger partial charge in [0.2, 0.25) is 0 Å². The fourth-order valence-corrected chi connectivity index (χ4v) is 2.80. The Morgan fingerprint density at radius 3 is 2.20 bits per heavy atom. The molecule has 4 aromatic rings. The van der Waals surface area contributed by atoms with E-state index in [1.807, 2.05) is 48.5 Å². The molecule has 1 heterocycles. The van der Waals surface area contributed by atoms with Crippen LogP contribution >= 0.6 is 0 Å². The summed E-state index contributed by atoms with van der Waals surface area (Å²) in [4.78, 5) is 0. The predicted molar refractivity (Wildman–Crippen MR) is 80.7 cm³/mol. The standard InChI is InChI=1S/C18H12FN/c19-13-10-11-16-15-8-4-5-9-17(15)20(18(16)12-13)14-6-2-1-3-7-14/h1-12H. The van der Waals surface area contributed by atoms with Gasteiger partial charge in [-0.3, -0.25) is 0 Å². The molecule has 0 aliphatic carbocycles. The molecule has 0 aliphatic rings. The minimum Gasteiger partial charge on any atom is -0.309 e. The van der Waals surface area contributed by atoms with Gasteiger partial charge in [0.1, 0.15) is 5.82 Å². The molecule has 0 unspecified atom stereocenters. The molecule has 0 fully saturated rings. The van der Waals surface area contributed by atoms with E-state index >= 15 is 0 Å². The van der Waals surface area contributed by atoms with E-state index in [0.29, 0.717) is 0 Å². The summed E-state index contributed by atoms with van der Waals surface area (Å²) < 4.78 is 15.8. The van der Waals surface area contributed by atoms with Gasteiger partial charge in [-0.05, 0) is 36.4 Å². The molecule has 2 heteroatoms. The first-order chi connectivity index (χ1) is 9.84. The first-order valence-electron chi connectivity index (χ1n) is 6.59. The van der Waals surface area contributed by atoms with E-state index in [4.69, 9.17) is 0 Å². The number of rotatable bonds is 1. The van der Waals surface area contributed by atoms with Crippen LogP contribution in [0, 0.1) is 5.82 Å². The maximum absolute atomic E-state index is 13.6. The van der Waals surface area contributed by atoms with E-state index in [1.165, 1.54) is 6.07 Å². The van der Waals surface area contributed by atoms with Crippen LogP contribution in [0.5, 0.6) is 0 Å². The number of hydrogen-bond acceptors (Lipinski definition) is 0. The zero-order valence-corrected chi connectivity index (χ0v) is 10.8. The maximum Gasteiger partial charge on any atom is 0.125 e. The highest BCUT2D eigenvalue weighted by Gasteiger charge is 2.11. The van der Waals surface area contributed by atoms with Crippen LogP contribution in [0.1, 0.15) is 0 Å². The molecule has 0 atom stereocenters. The summed E-state index contributed by atoms with van der Waals surface area (Å²) >= 11 is 0. The number of aromatic nitrogens is 1. The summed E-state index contributed by atoms with van der Waals surface area (Å²) in [7, 11) is 0. The van der Waals surface area contributed by atoms with E-state index in [9.17, 15) is 4.39 Å². The lowest BCUT2D eigenvalue weighted by Gasteiger charge is -2.07. The second kappa shape index (κ2) is 4.20. The molecule has 0 radical (unpaired) electrons. The first kappa shape index (κ1) is 11.2. The fourth-order valence-electron chi connectivity index (χ4n) is 2.80. The Bertz CT molecular complexity index is 907. The van der Waals surface area contributed by atoms with Crippen molar-refractivity contribution in [3.05, 3.63) is 78.6 Å². The molecule has 1 aromatic heterocycles. The topological polar surface area (TPSA) is 4.93 Å². The molecule has 0 bridgehead atoms. The normalized spacial score (nSPS) is 11.2. The average Bonchev–Trinajstić information content (AvgIpc) is 2.81. The van der Waals surface area contributed by atoms with Gasteiger partial charge in [-0.1, -0.05) is 36.4 Å². The number of nitrogens with zero attached hydrogens (tertiary/aromatic N) is 1. The van der Waals surface area contributed by atoms with Gasteiger partial charge in [0.15, 0.2) is 0 Å². The van der Waals surface area contributed by atoms with Gasteiger partial charge in [0.25, 0.3) is 0 Å². The molecular formula is C18H12FN. The Morgan fingerprint density at radius 2 is 1.35 bits per heavy atom. The zero-order chi connectivity index (χ0) is 13.5. The monoisotopic (exact) mass is 261 g/mol. The zero-order valence-electron chi connectivity index (χ0n) is 10.8. The second-order valence-corrected chi connectivity index (χ2v) is 4.85. The average molecular weight is 261 g/mol. The Morgan fingerprint density at radius 1 is 0.650 bits per heavy atom. The molecule has 4 rings (SSSR count). The largest absolute Gasteiger partial charge is 0.309 e. The summed E-state index contributed by atoms with van der Waals surface area (Å²) in [6, 6.07) is 23.2. The Labute approximate surface area is 115 Å². The van der Waals surface area contributed by atoms with Crippen molar-refractivity contribution in [1.29, 1.82) is 0 Å². The van der Waals surface area contributed by atoms with Crippen molar-refractivity contribution in [3.63, 3.8) is 0 Å². The van der Waals surface area contributed by atoms with Crippen molar-refractivity contribution in [2.75, 3.05) is 0 Å². The molecule has 96 valence electrons. The molecule has 3 aromatic carbocycles. The molecule has 0 amide bonds. The van der Waals surface area contributed by atoms with E-state index < -0.39 is 0 Å². The van der Waals surface area contributed by atoms with E-state index in [1.54, 1.807) is 6.07 Å². The van der Waals surface area contributed by atoms with Crippen LogP contribution < -0.4 is 0 Å². The third-order valence-electron chi connectivity index (χ3n) is 3.65. The van der Waals surface area contributed by atoms with Gasteiger partial charge in [-0.25, -0.2) is 4.39 Å². The minimum atomic E-state index is -0.211. The van der Waals surface area contributed by atoms with Gasteiger partial charge in [0.05, 0.1) is 11.0 Å². The van der Waals surface area contributed by atoms with Crippen molar-refractivity contribution in [2.24, 2.45) is 0 Å². The molecule has 0 saturated carbocycles. The number of para-hydroxylation sites is 2. The summed E-state index contributed by atoms with van der Waals surface area (Å²) in [6.45, 7) is 0. The van der Waals surface area contributed by atoms with Crippen molar-refractivity contribution in [1.82, 2.24) is 4.57 Å². The van der Waals surface area contributed by atoms with Gasteiger partial charge in [-0.15, -0.1) is 0 Å². The van der Waals surface area contributed by atoms with Crippen LogP contribution in [0.4, 0.5) is 4.39 Å². The van der Waals surface area contributed by atoms with Crippen molar-refractivity contribution in [2.45, 2.75) is 0 Å². The van der Waals surface area contributed by atoms with E-state index in [2.05, 4.69) is 16.7 Å². The summed E-state index contributed by atoms with van der Waals surface area (Å²) in [5.41, 5.74) is 3.04.